The highest BCUT2D eigenvalue weighted by molar-refractivity contribution is 6.03. The summed E-state index contributed by atoms with van der Waals surface area (Å²) >= 11 is 0. The van der Waals surface area contributed by atoms with Crippen LogP contribution in [0.1, 0.15) is 31.1 Å². The molecule has 0 aliphatic carbocycles. The van der Waals surface area contributed by atoms with Crippen LogP contribution in [-0.2, 0) is 7.05 Å². The molecular weight excluding hydrogens is 256 g/mol. The van der Waals surface area contributed by atoms with Gasteiger partial charge in [-0.3, -0.25) is 4.68 Å². The molecule has 6 heteroatoms. The van der Waals surface area contributed by atoms with E-state index in [-0.39, 0.29) is 11.6 Å². The highest BCUT2D eigenvalue weighted by Crippen LogP contribution is 2.31. The number of rotatable bonds is 4. The number of carboxylic acids is 1. The average Bonchev–Trinajstić information content (AvgIpc) is 2.77. The summed E-state index contributed by atoms with van der Waals surface area (Å²) in [5.74, 6) is -0.567. The van der Waals surface area contributed by atoms with Gasteiger partial charge in [-0.15, -0.1) is 0 Å². The van der Waals surface area contributed by atoms with Crippen LogP contribution in [0.2, 0.25) is 0 Å². The van der Waals surface area contributed by atoms with Crippen molar-refractivity contribution in [1.82, 2.24) is 14.8 Å². The van der Waals surface area contributed by atoms with Crippen LogP contribution < -0.4 is 4.90 Å². The fourth-order valence-corrected chi connectivity index (χ4v) is 2.27. The van der Waals surface area contributed by atoms with Crippen LogP contribution in [0.3, 0.4) is 0 Å². The number of aromatic carboxylic acids is 1. The molecule has 6 nitrogen and oxygen atoms in total. The van der Waals surface area contributed by atoms with Crippen molar-refractivity contribution in [3.8, 4) is 0 Å². The summed E-state index contributed by atoms with van der Waals surface area (Å²) in [5, 5.41) is 14.4. The molecule has 0 radical (unpaired) electrons. The molecule has 0 amide bonds. The maximum atomic E-state index is 11.5. The first-order valence-corrected chi connectivity index (χ1v) is 6.61. The summed E-state index contributed by atoms with van der Waals surface area (Å²) in [7, 11) is 3.71. The van der Waals surface area contributed by atoms with Crippen LogP contribution in [0.25, 0.3) is 11.0 Å². The topological polar surface area (TPSA) is 71.2 Å². The lowest BCUT2D eigenvalue weighted by molar-refractivity contribution is 0.0697. The minimum absolute atomic E-state index is 0.207. The fraction of sp³-hybridized carbons (Fsp3) is 0.500. The lowest BCUT2D eigenvalue weighted by Crippen LogP contribution is -2.34. The summed E-state index contributed by atoms with van der Waals surface area (Å²) in [6.07, 6.45) is 3.08. The maximum Gasteiger partial charge on any atom is 0.339 e. The van der Waals surface area contributed by atoms with Crippen LogP contribution in [0.4, 0.5) is 5.69 Å². The van der Waals surface area contributed by atoms with Crippen molar-refractivity contribution in [2.24, 2.45) is 13.0 Å². The molecular formula is C14H20N4O2. The molecule has 1 atom stereocenters. The molecule has 20 heavy (non-hydrogen) atoms. The Balaban J connectivity index is 2.69. The average molecular weight is 276 g/mol. The van der Waals surface area contributed by atoms with Gasteiger partial charge in [-0.05, 0) is 12.8 Å². The molecule has 2 aromatic rings. The van der Waals surface area contributed by atoms with Gasteiger partial charge in [0, 0.05) is 26.3 Å². The Bertz CT molecular complexity index is 648. The molecule has 0 aliphatic heterocycles. The van der Waals surface area contributed by atoms with E-state index in [0.717, 1.165) is 5.39 Å². The van der Waals surface area contributed by atoms with Crippen LogP contribution in [0.15, 0.2) is 12.4 Å². The smallest absolute Gasteiger partial charge is 0.339 e. The zero-order valence-corrected chi connectivity index (χ0v) is 12.5. The molecule has 0 aromatic carbocycles. The summed E-state index contributed by atoms with van der Waals surface area (Å²) in [6, 6.07) is 0.207. The van der Waals surface area contributed by atoms with Crippen LogP contribution in [0, 0.1) is 5.92 Å². The minimum Gasteiger partial charge on any atom is -0.478 e. The second-order valence-electron chi connectivity index (χ2n) is 5.43. The van der Waals surface area contributed by atoms with E-state index in [2.05, 4.69) is 30.9 Å². The maximum absolute atomic E-state index is 11.5. The largest absolute Gasteiger partial charge is 0.478 e. The van der Waals surface area contributed by atoms with E-state index in [1.165, 1.54) is 6.20 Å². The Hall–Kier alpha value is -2.11. The first kappa shape index (κ1) is 14.3. The number of aryl methyl sites for hydroxylation is 1. The van der Waals surface area contributed by atoms with Gasteiger partial charge in [0.2, 0.25) is 0 Å². The standard InChI is InChI=1S/C14H20N4O2/c1-8(2)9(3)17(4)12-10-7-16-18(5)13(10)15-6-11(12)14(19)20/h6-9H,1-5H3,(H,19,20). The van der Waals surface area contributed by atoms with Gasteiger partial charge in [-0.25, -0.2) is 9.78 Å². The highest BCUT2D eigenvalue weighted by Gasteiger charge is 2.23. The van der Waals surface area contributed by atoms with Gasteiger partial charge in [0.1, 0.15) is 5.56 Å². The second kappa shape index (κ2) is 5.11. The number of pyridine rings is 1. The van der Waals surface area contributed by atoms with Gasteiger partial charge < -0.3 is 10.0 Å². The van der Waals surface area contributed by atoms with Crippen LogP contribution >= 0.6 is 0 Å². The highest BCUT2D eigenvalue weighted by atomic mass is 16.4. The Morgan fingerprint density at radius 1 is 1.35 bits per heavy atom. The quantitative estimate of drug-likeness (QED) is 0.926. The molecule has 108 valence electrons. The third kappa shape index (κ3) is 2.21. The summed E-state index contributed by atoms with van der Waals surface area (Å²) < 4.78 is 1.65. The first-order chi connectivity index (χ1) is 9.34. The molecule has 1 N–H and O–H groups in total. The van der Waals surface area contributed by atoms with E-state index < -0.39 is 5.97 Å². The molecule has 2 aromatic heterocycles. The second-order valence-corrected chi connectivity index (χ2v) is 5.43. The van der Waals surface area contributed by atoms with Crippen molar-refractivity contribution in [2.75, 3.05) is 11.9 Å². The van der Waals surface area contributed by atoms with E-state index in [1.54, 1.807) is 17.9 Å². The van der Waals surface area contributed by atoms with Gasteiger partial charge in [0.25, 0.3) is 0 Å². The Labute approximate surface area is 118 Å². The van der Waals surface area contributed by atoms with Gasteiger partial charge in [0.05, 0.1) is 17.3 Å². The number of fused-ring (bicyclic) bond motifs is 1. The predicted octanol–water partition coefficient (Wildman–Crippen LogP) is 2.15. The normalized spacial score (nSPS) is 12.9. The summed E-state index contributed by atoms with van der Waals surface area (Å²) in [6.45, 7) is 6.31. The van der Waals surface area contributed by atoms with Gasteiger partial charge in [-0.1, -0.05) is 13.8 Å². The lowest BCUT2D eigenvalue weighted by Gasteiger charge is -2.31. The summed E-state index contributed by atoms with van der Waals surface area (Å²) in [4.78, 5) is 17.7. The molecule has 1 unspecified atom stereocenters. The van der Waals surface area contributed by atoms with E-state index in [1.807, 2.05) is 11.9 Å². The number of carbonyl (C=O) groups is 1. The molecule has 2 rings (SSSR count). The van der Waals surface area contributed by atoms with Crippen LogP contribution in [0.5, 0.6) is 0 Å². The number of aromatic nitrogens is 3. The molecule has 0 aliphatic rings. The summed E-state index contributed by atoms with van der Waals surface area (Å²) in [5.41, 5.74) is 1.57. The number of nitrogens with zero attached hydrogens (tertiary/aromatic N) is 4. The molecule has 0 saturated carbocycles. The Morgan fingerprint density at radius 2 is 2.00 bits per heavy atom. The Morgan fingerprint density at radius 3 is 2.55 bits per heavy atom. The van der Waals surface area contributed by atoms with E-state index in [0.29, 0.717) is 17.3 Å². The van der Waals surface area contributed by atoms with Crippen LogP contribution in [-0.4, -0.2) is 38.9 Å². The van der Waals surface area contributed by atoms with Gasteiger partial charge in [-0.2, -0.15) is 5.10 Å². The molecule has 0 fully saturated rings. The van der Waals surface area contributed by atoms with Gasteiger partial charge >= 0.3 is 5.97 Å². The SMILES string of the molecule is CC(C)C(C)N(C)c1c(C(=O)O)cnc2c1cnn2C. The van der Waals surface area contributed by atoms with Crippen molar-refractivity contribution >= 4 is 22.7 Å². The zero-order chi connectivity index (χ0) is 15.0. The first-order valence-electron chi connectivity index (χ1n) is 6.61. The number of hydrogen-bond donors (Lipinski definition) is 1. The number of hydrogen-bond acceptors (Lipinski definition) is 4. The van der Waals surface area contributed by atoms with E-state index >= 15 is 0 Å². The van der Waals surface area contributed by atoms with E-state index in [4.69, 9.17) is 0 Å². The van der Waals surface area contributed by atoms with Crippen molar-refractivity contribution in [1.29, 1.82) is 0 Å². The molecule has 0 saturated heterocycles. The monoisotopic (exact) mass is 276 g/mol. The third-order valence-electron chi connectivity index (χ3n) is 3.89. The van der Waals surface area contributed by atoms with Gasteiger partial charge in [0.15, 0.2) is 5.65 Å². The molecule has 2 heterocycles. The Kier molecular flexibility index (Phi) is 3.65. The van der Waals surface area contributed by atoms with Crippen molar-refractivity contribution in [3.05, 3.63) is 18.0 Å². The lowest BCUT2D eigenvalue weighted by atomic mass is 10.0. The van der Waals surface area contributed by atoms with E-state index in [9.17, 15) is 9.90 Å². The predicted molar refractivity (Wildman–Crippen MR) is 78.2 cm³/mol. The molecule has 0 bridgehead atoms. The van der Waals surface area contributed by atoms with Crippen molar-refractivity contribution < 1.29 is 9.90 Å². The minimum atomic E-state index is -0.971. The third-order valence-corrected chi connectivity index (χ3v) is 3.89. The number of carboxylic acid groups (broad SMARTS) is 1. The molecule has 0 spiro atoms. The zero-order valence-electron chi connectivity index (χ0n) is 12.5. The number of anilines is 1. The van der Waals surface area contributed by atoms with Crippen molar-refractivity contribution in [2.45, 2.75) is 26.8 Å². The van der Waals surface area contributed by atoms with Crippen molar-refractivity contribution in [3.63, 3.8) is 0 Å². The fourth-order valence-electron chi connectivity index (χ4n) is 2.27.